The summed E-state index contributed by atoms with van der Waals surface area (Å²) in [7, 11) is 2.21. The van der Waals surface area contributed by atoms with E-state index in [0.29, 0.717) is 18.5 Å². The Morgan fingerprint density at radius 1 is 1.13 bits per heavy atom. The fourth-order valence-electron chi connectivity index (χ4n) is 6.52. The van der Waals surface area contributed by atoms with Crippen molar-refractivity contribution in [2.75, 3.05) is 33.2 Å². The minimum absolute atomic E-state index is 0.313. The minimum atomic E-state index is -0.842. The average Bonchev–Trinajstić information content (AvgIpc) is 3.24. The number of carboxylic acid groups (broad SMARTS) is 1. The molecule has 1 saturated heterocycles. The van der Waals surface area contributed by atoms with Crippen LogP contribution in [0, 0.1) is 5.92 Å². The van der Waals surface area contributed by atoms with Gasteiger partial charge in [0.1, 0.15) is 5.82 Å². The number of hydrogen-bond donors (Lipinski definition) is 1. The Bertz CT molecular complexity index is 1280. The van der Waals surface area contributed by atoms with Gasteiger partial charge in [-0.2, -0.15) is 0 Å². The van der Waals surface area contributed by atoms with Crippen molar-refractivity contribution in [1.82, 2.24) is 29.2 Å². The standard InChI is InChI=1S/C31H44N6O2/c1-31(2,3)37(30(38)39)19-18-35-17-9-10-23(20-35)21-36-26-14-6-5-13-25(26)33-28(36)22-34(4)27-15-7-11-24-12-8-16-32-29(24)27/h5-6,8,12-14,16,23,27H,7,9-11,15,17-22H2,1-4H3,(H,38,39)/t23-,27-/m0/s1. The third-order valence-corrected chi connectivity index (χ3v) is 8.55. The van der Waals surface area contributed by atoms with Crippen LogP contribution in [0.1, 0.15) is 69.6 Å². The predicted molar refractivity (Wildman–Crippen MR) is 155 cm³/mol. The van der Waals surface area contributed by atoms with Crippen molar-refractivity contribution < 1.29 is 9.90 Å². The summed E-state index contributed by atoms with van der Waals surface area (Å²) in [4.78, 5) is 28.1. The molecule has 3 aromatic rings. The van der Waals surface area contributed by atoms with E-state index in [2.05, 4.69) is 57.8 Å². The lowest BCUT2D eigenvalue weighted by molar-refractivity contribution is 0.0818. The largest absolute Gasteiger partial charge is 0.465 e. The van der Waals surface area contributed by atoms with Gasteiger partial charge in [-0.3, -0.25) is 9.88 Å². The van der Waals surface area contributed by atoms with Crippen molar-refractivity contribution >= 4 is 17.1 Å². The number of amides is 1. The Hall–Kier alpha value is -2.97. The lowest BCUT2D eigenvalue weighted by Crippen LogP contribution is -2.49. The van der Waals surface area contributed by atoms with Gasteiger partial charge < -0.3 is 19.5 Å². The maximum Gasteiger partial charge on any atom is 0.407 e. The molecule has 8 nitrogen and oxygen atoms in total. The molecule has 5 rings (SSSR count). The third-order valence-electron chi connectivity index (χ3n) is 8.55. The van der Waals surface area contributed by atoms with Crippen LogP contribution in [-0.2, 0) is 19.5 Å². The second-order valence-corrected chi connectivity index (χ2v) is 12.4. The maximum absolute atomic E-state index is 11.8. The van der Waals surface area contributed by atoms with E-state index >= 15 is 0 Å². The molecule has 3 heterocycles. The molecule has 0 spiro atoms. The molecule has 210 valence electrons. The zero-order valence-electron chi connectivity index (χ0n) is 24.0. The highest BCUT2D eigenvalue weighted by Crippen LogP contribution is 2.33. The van der Waals surface area contributed by atoms with Crippen molar-refractivity contribution in [3.63, 3.8) is 0 Å². The van der Waals surface area contributed by atoms with E-state index in [9.17, 15) is 9.90 Å². The number of carbonyl (C=O) groups is 1. The van der Waals surface area contributed by atoms with E-state index in [0.717, 1.165) is 63.3 Å². The molecule has 0 radical (unpaired) electrons. The lowest BCUT2D eigenvalue weighted by atomic mass is 9.91. The second-order valence-electron chi connectivity index (χ2n) is 12.4. The van der Waals surface area contributed by atoms with Crippen LogP contribution in [0.2, 0.25) is 0 Å². The number of likely N-dealkylation sites (tertiary alicyclic amines) is 1. The molecule has 1 aliphatic carbocycles. The Kier molecular flexibility index (Phi) is 8.24. The van der Waals surface area contributed by atoms with Crippen LogP contribution in [0.25, 0.3) is 11.0 Å². The summed E-state index contributed by atoms with van der Waals surface area (Å²) < 4.78 is 2.45. The molecule has 2 aliphatic rings. The van der Waals surface area contributed by atoms with Crippen molar-refractivity contribution in [2.24, 2.45) is 5.92 Å². The van der Waals surface area contributed by atoms with E-state index in [1.165, 1.54) is 29.6 Å². The molecular formula is C31H44N6O2. The number of pyridine rings is 1. The van der Waals surface area contributed by atoms with E-state index in [4.69, 9.17) is 9.97 Å². The molecule has 2 aromatic heterocycles. The summed E-state index contributed by atoms with van der Waals surface area (Å²) in [6.45, 7) is 10.9. The summed E-state index contributed by atoms with van der Waals surface area (Å²) in [5.41, 5.74) is 4.46. The van der Waals surface area contributed by atoms with E-state index < -0.39 is 11.6 Å². The van der Waals surface area contributed by atoms with Gasteiger partial charge in [0.25, 0.3) is 0 Å². The number of fused-ring (bicyclic) bond motifs is 2. The smallest absolute Gasteiger partial charge is 0.407 e. The molecule has 1 amide bonds. The summed E-state index contributed by atoms with van der Waals surface area (Å²) in [5, 5.41) is 9.70. The van der Waals surface area contributed by atoms with Gasteiger partial charge in [0.2, 0.25) is 0 Å². The number of piperidine rings is 1. The number of nitrogens with zero attached hydrogens (tertiary/aromatic N) is 6. The van der Waals surface area contributed by atoms with Crippen LogP contribution < -0.4 is 0 Å². The van der Waals surface area contributed by atoms with Crippen LogP contribution in [-0.4, -0.2) is 79.2 Å². The van der Waals surface area contributed by atoms with Gasteiger partial charge in [0.05, 0.1) is 29.3 Å². The average molecular weight is 533 g/mol. The van der Waals surface area contributed by atoms with Crippen LogP contribution in [0.3, 0.4) is 0 Å². The van der Waals surface area contributed by atoms with Crippen molar-refractivity contribution in [3.8, 4) is 0 Å². The molecule has 0 unspecified atom stereocenters. The van der Waals surface area contributed by atoms with Gasteiger partial charge in [-0.1, -0.05) is 18.2 Å². The highest BCUT2D eigenvalue weighted by Gasteiger charge is 2.29. The zero-order valence-corrected chi connectivity index (χ0v) is 24.0. The van der Waals surface area contributed by atoms with Crippen molar-refractivity contribution in [3.05, 3.63) is 59.7 Å². The SMILES string of the molecule is CN(Cc1nc2ccccc2n1C[C@H]1CCCN(CCN(C(=O)O)C(C)(C)C)C1)[C@H]1CCCc2cccnc21. The van der Waals surface area contributed by atoms with Crippen molar-refractivity contribution in [1.29, 1.82) is 0 Å². The summed E-state index contributed by atoms with van der Waals surface area (Å²) >= 11 is 0. The molecule has 1 aromatic carbocycles. The number of aromatic nitrogens is 3. The van der Waals surface area contributed by atoms with E-state index in [1.807, 2.05) is 27.0 Å². The highest BCUT2D eigenvalue weighted by molar-refractivity contribution is 5.75. The first kappa shape index (κ1) is 27.6. The minimum Gasteiger partial charge on any atom is -0.465 e. The number of para-hydroxylation sites is 2. The maximum atomic E-state index is 11.8. The number of hydrogen-bond acceptors (Lipinski definition) is 5. The number of imidazole rings is 1. The van der Waals surface area contributed by atoms with Crippen LogP contribution in [0.5, 0.6) is 0 Å². The molecule has 0 saturated carbocycles. The summed E-state index contributed by atoms with van der Waals surface area (Å²) in [5.74, 6) is 1.62. The van der Waals surface area contributed by atoms with Gasteiger partial charge in [0.15, 0.2) is 0 Å². The van der Waals surface area contributed by atoms with Crippen LogP contribution in [0.4, 0.5) is 4.79 Å². The van der Waals surface area contributed by atoms with Gasteiger partial charge in [-0.15, -0.1) is 0 Å². The quantitative estimate of drug-likeness (QED) is 0.417. The summed E-state index contributed by atoms with van der Waals surface area (Å²) in [6, 6.07) is 13.1. The molecule has 39 heavy (non-hydrogen) atoms. The van der Waals surface area contributed by atoms with Gasteiger partial charge in [-0.25, -0.2) is 9.78 Å². The van der Waals surface area contributed by atoms with Crippen molar-refractivity contribution in [2.45, 2.75) is 77.5 Å². The predicted octanol–water partition coefficient (Wildman–Crippen LogP) is 5.43. The molecular weight excluding hydrogens is 488 g/mol. The number of rotatable bonds is 8. The first-order valence-electron chi connectivity index (χ1n) is 14.5. The van der Waals surface area contributed by atoms with E-state index in [1.54, 1.807) is 4.90 Å². The molecule has 1 fully saturated rings. The lowest BCUT2D eigenvalue weighted by Gasteiger charge is -2.38. The first-order valence-corrected chi connectivity index (χ1v) is 14.5. The third kappa shape index (κ3) is 6.28. The highest BCUT2D eigenvalue weighted by atomic mass is 16.4. The first-order chi connectivity index (χ1) is 18.7. The molecule has 0 bridgehead atoms. The van der Waals surface area contributed by atoms with E-state index in [-0.39, 0.29) is 0 Å². The second kappa shape index (κ2) is 11.6. The van der Waals surface area contributed by atoms with Crippen LogP contribution in [0.15, 0.2) is 42.6 Å². The molecule has 2 atom stereocenters. The fourth-order valence-corrected chi connectivity index (χ4v) is 6.52. The Morgan fingerprint density at radius 2 is 1.95 bits per heavy atom. The summed E-state index contributed by atoms with van der Waals surface area (Å²) in [6.07, 6.45) is 6.83. The molecule has 8 heteroatoms. The van der Waals surface area contributed by atoms with Gasteiger partial charge in [0, 0.05) is 37.9 Å². The Labute approximate surface area is 232 Å². The number of aryl methyl sites for hydroxylation is 1. The topological polar surface area (TPSA) is 77.7 Å². The molecule has 1 aliphatic heterocycles. The Balaban J connectivity index is 1.31. The van der Waals surface area contributed by atoms with Gasteiger partial charge in [-0.05, 0) is 96.1 Å². The fraction of sp³-hybridized carbons (Fsp3) is 0.581. The zero-order chi connectivity index (χ0) is 27.6. The normalized spacial score (nSPS) is 20.3. The van der Waals surface area contributed by atoms with Gasteiger partial charge >= 0.3 is 6.09 Å². The van der Waals surface area contributed by atoms with Crippen LogP contribution >= 0.6 is 0 Å². The monoisotopic (exact) mass is 532 g/mol. The number of benzene rings is 1. The molecule has 1 N–H and O–H groups in total. The Morgan fingerprint density at radius 3 is 2.74 bits per heavy atom.